The van der Waals surface area contributed by atoms with Crippen molar-refractivity contribution in [2.24, 2.45) is 0 Å². The third-order valence-electron chi connectivity index (χ3n) is 3.92. The lowest BCUT2D eigenvalue weighted by Gasteiger charge is -2.10. The maximum Gasteiger partial charge on any atom is 0.134 e. The van der Waals surface area contributed by atoms with Crippen molar-refractivity contribution < 1.29 is 9.84 Å². The largest absolute Gasteiger partial charge is 0.494 e. The lowest BCUT2D eigenvalue weighted by molar-refractivity contribution is 0.277. The van der Waals surface area contributed by atoms with Crippen LogP contribution in [0.15, 0.2) is 24.3 Å². The molecule has 0 atom stereocenters. The van der Waals surface area contributed by atoms with Gasteiger partial charge in [0.1, 0.15) is 22.4 Å². The number of rotatable bonds is 10. The summed E-state index contributed by atoms with van der Waals surface area (Å²) < 4.78 is 7.57. The Bertz CT molecular complexity index is 705. The average molecular weight is 362 g/mol. The van der Waals surface area contributed by atoms with Gasteiger partial charge in [0, 0.05) is 12.8 Å². The van der Waals surface area contributed by atoms with Crippen LogP contribution in [0.5, 0.6) is 5.75 Å². The summed E-state index contributed by atoms with van der Waals surface area (Å²) in [6.07, 6.45) is 4.19. The minimum atomic E-state index is -0.152. The Balaban J connectivity index is 2.06. The van der Waals surface area contributed by atoms with Crippen molar-refractivity contribution in [1.82, 2.24) is 9.55 Å². The highest BCUT2D eigenvalue weighted by Crippen LogP contribution is 2.22. The van der Waals surface area contributed by atoms with Crippen LogP contribution in [0.2, 0.25) is 5.15 Å². The van der Waals surface area contributed by atoms with E-state index in [-0.39, 0.29) is 6.61 Å². The van der Waals surface area contributed by atoms with Gasteiger partial charge in [-0.25, -0.2) is 4.98 Å². The highest BCUT2D eigenvalue weighted by Gasteiger charge is 2.15. The van der Waals surface area contributed by atoms with Crippen LogP contribution in [-0.4, -0.2) is 21.3 Å². The minimum absolute atomic E-state index is 0.152. The third-order valence-corrected chi connectivity index (χ3v) is 4.34. The fourth-order valence-corrected chi connectivity index (χ4v) is 2.79. The van der Waals surface area contributed by atoms with Crippen LogP contribution >= 0.6 is 11.6 Å². The van der Waals surface area contributed by atoms with Crippen LogP contribution in [0.25, 0.3) is 0 Å². The molecule has 2 aromatic rings. The number of ether oxygens (including phenoxy) is 1. The van der Waals surface area contributed by atoms with Crippen molar-refractivity contribution in [3.63, 3.8) is 0 Å². The molecule has 1 aromatic carbocycles. The topological polar surface area (TPSA) is 71.1 Å². The Kier molecular flexibility index (Phi) is 7.77. The number of nitriles is 1. The number of aliphatic hydroxyl groups is 1. The summed E-state index contributed by atoms with van der Waals surface area (Å²) in [5, 5.41) is 18.4. The Morgan fingerprint density at radius 2 is 2.04 bits per heavy atom. The van der Waals surface area contributed by atoms with Gasteiger partial charge in [0.2, 0.25) is 0 Å². The molecule has 0 aliphatic rings. The molecule has 0 saturated heterocycles. The number of aliphatic hydroxyl groups excluding tert-OH is 1. The Labute approximate surface area is 153 Å². The zero-order valence-electron chi connectivity index (χ0n) is 14.5. The minimum Gasteiger partial charge on any atom is -0.494 e. The Morgan fingerprint density at radius 1 is 1.28 bits per heavy atom. The molecule has 0 bridgehead atoms. The van der Waals surface area contributed by atoms with Gasteiger partial charge < -0.3 is 14.4 Å². The van der Waals surface area contributed by atoms with Crippen LogP contribution in [0, 0.1) is 11.3 Å². The molecule has 2 rings (SSSR count). The maximum atomic E-state index is 9.41. The first-order chi connectivity index (χ1) is 12.2. The fourth-order valence-electron chi connectivity index (χ4n) is 2.53. The molecule has 0 aliphatic heterocycles. The quantitative estimate of drug-likeness (QED) is 0.646. The number of hydrogen-bond donors (Lipinski definition) is 1. The van der Waals surface area contributed by atoms with Gasteiger partial charge in [0.05, 0.1) is 25.8 Å². The average Bonchev–Trinajstić information content (AvgIpc) is 2.93. The van der Waals surface area contributed by atoms with Crippen LogP contribution in [0.4, 0.5) is 0 Å². The third kappa shape index (κ3) is 5.48. The number of nitrogens with zero attached hydrogens (tertiary/aromatic N) is 3. The summed E-state index contributed by atoms with van der Waals surface area (Å²) in [4.78, 5) is 4.47. The number of hydrogen-bond acceptors (Lipinski definition) is 4. The van der Waals surface area contributed by atoms with Gasteiger partial charge in [-0.1, -0.05) is 37.1 Å². The van der Waals surface area contributed by atoms with Crippen molar-refractivity contribution in [3.8, 4) is 11.8 Å². The van der Waals surface area contributed by atoms with Gasteiger partial charge in [0.25, 0.3) is 0 Å². The molecule has 0 fully saturated rings. The molecule has 5 nitrogen and oxygen atoms in total. The summed E-state index contributed by atoms with van der Waals surface area (Å²) in [6, 6.07) is 9.94. The number of aromatic nitrogens is 2. The van der Waals surface area contributed by atoms with Crippen LogP contribution in [0.1, 0.15) is 49.7 Å². The highest BCUT2D eigenvalue weighted by atomic mass is 35.5. The molecular formula is C19H24ClN3O2. The first-order valence-corrected chi connectivity index (χ1v) is 9.00. The maximum absolute atomic E-state index is 9.41. The SMILES string of the molecule is CCCCc1nc(CO)c(Cl)n1Cc1ccc(OCCCC#N)cc1. The summed E-state index contributed by atoms with van der Waals surface area (Å²) in [5.74, 6) is 1.70. The molecule has 1 heterocycles. The molecule has 0 radical (unpaired) electrons. The van der Waals surface area contributed by atoms with E-state index < -0.39 is 0 Å². The number of unbranched alkanes of at least 4 members (excludes halogenated alkanes) is 2. The first-order valence-electron chi connectivity index (χ1n) is 8.62. The van der Waals surface area contributed by atoms with Gasteiger partial charge in [-0.2, -0.15) is 5.26 Å². The molecule has 0 saturated carbocycles. The second kappa shape index (κ2) is 10.1. The van der Waals surface area contributed by atoms with E-state index in [0.717, 1.165) is 42.8 Å². The molecular weight excluding hydrogens is 338 g/mol. The van der Waals surface area contributed by atoms with E-state index in [1.165, 1.54) is 0 Å². The summed E-state index contributed by atoms with van der Waals surface area (Å²) in [7, 11) is 0. The van der Waals surface area contributed by atoms with E-state index >= 15 is 0 Å². The molecule has 134 valence electrons. The zero-order chi connectivity index (χ0) is 18.1. The summed E-state index contributed by atoms with van der Waals surface area (Å²) in [5.41, 5.74) is 1.62. The smallest absolute Gasteiger partial charge is 0.134 e. The summed E-state index contributed by atoms with van der Waals surface area (Å²) in [6.45, 7) is 3.14. The van der Waals surface area contributed by atoms with E-state index in [2.05, 4.69) is 18.0 Å². The van der Waals surface area contributed by atoms with E-state index in [4.69, 9.17) is 21.6 Å². The molecule has 0 spiro atoms. The second-order valence-corrected chi connectivity index (χ2v) is 6.23. The fraction of sp³-hybridized carbons (Fsp3) is 0.474. The van der Waals surface area contributed by atoms with Gasteiger partial charge in [-0.05, 0) is 30.5 Å². The van der Waals surface area contributed by atoms with Crippen LogP contribution in [0.3, 0.4) is 0 Å². The molecule has 25 heavy (non-hydrogen) atoms. The number of halogens is 1. The number of imidazole rings is 1. The van der Waals surface area contributed by atoms with Crippen molar-refractivity contribution >= 4 is 11.6 Å². The molecule has 0 amide bonds. The van der Waals surface area contributed by atoms with Crippen LogP contribution < -0.4 is 4.74 Å². The van der Waals surface area contributed by atoms with E-state index in [1.807, 2.05) is 28.8 Å². The predicted octanol–water partition coefficient (Wildman–Crippen LogP) is 4.10. The van der Waals surface area contributed by atoms with Gasteiger partial charge >= 0.3 is 0 Å². The van der Waals surface area contributed by atoms with Gasteiger partial charge in [-0.15, -0.1) is 0 Å². The molecule has 1 aromatic heterocycles. The highest BCUT2D eigenvalue weighted by molar-refractivity contribution is 6.30. The van der Waals surface area contributed by atoms with Crippen molar-refractivity contribution in [3.05, 3.63) is 46.5 Å². The predicted molar refractivity (Wildman–Crippen MR) is 97.7 cm³/mol. The van der Waals surface area contributed by atoms with Gasteiger partial charge in [-0.3, -0.25) is 0 Å². The Morgan fingerprint density at radius 3 is 2.68 bits per heavy atom. The standard InChI is InChI=1S/C19H24ClN3O2/c1-2-3-6-18-22-17(14-24)19(20)23(18)13-15-7-9-16(10-8-15)25-12-5-4-11-21/h7-10,24H,2-6,12-14H2,1H3. The van der Waals surface area contributed by atoms with E-state index in [0.29, 0.717) is 30.4 Å². The van der Waals surface area contributed by atoms with Crippen molar-refractivity contribution in [2.45, 2.75) is 52.2 Å². The number of benzene rings is 1. The van der Waals surface area contributed by atoms with Crippen LogP contribution in [-0.2, 0) is 19.6 Å². The molecule has 1 N–H and O–H groups in total. The second-order valence-electron chi connectivity index (χ2n) is 5.87. The lowest BCUT2D eigenvalue weighted by atomic mass is 10.2. The molecule has 0 unspecified atom stereocenters. The first kappa shape index (κ1) is 19.3. The molecule has 0 aliphatic carbocycles. The molecule has 6 heteroatoms. The van der Waals surface area contributed by atoms with E-state index in [9.17, 15) is 5.11 Å². The van der Waals surface area contributed by atoms with Gasteiger partial charge in [0.15, 0.2) is 0 Å². The lowest BCUT2D eigenvalue weighted by Crippen LogP contribution is -2.06. The van der Waals surface area contributed by atoms with Crippen molar-refractivity contribution in [2.75, 3.05) is 6.61 Å². The van der Waals surface area contributed by atoms with E-state index in [1.54, 1.807) is 0 Å². The monoisotopic (exact) mass is 361 g/mol. The normalized spacial score (nSPS) is 10.6. The summed E-state index contributed by atoms with van der Waals surface area (Å²) >= 11 is 6.38. The zero-order valence-corrected chi connectivity index (χ0v) is 15.3. The number of aryl methyl sites for hydroxylation is 1. The Hall–Kier alpha value is -2.03. The van der Waals surface area contributed by atoms with Crippen molar-refractivity contribution in [1.29, 1.82) is 5.26 Å².